The van der Waals surface area contributed by atoms with Gasteiger partial charge in [0, 0.05) is 63.6 Å². The second kappa shape index (κ2) is 9.28. The number of benzene rings is 1. The van der Waals surface area contributed by atoms with Crippen LogP contribution in [0.4, 0.5) is 0 Å². The van der Waals surface area contributed by atoms with Crippen LogP contribution in [0.15, 0.2) is 48.8 Å². The fourth-order valence-corrected chi connectivity index (χ4v) is 3.27. The Hall–Kier alpha value is -2.73. The van der Waals surface area contributed by atoms with Crippen molar-refractivity contribution in [2.45, 2.75) is 19.9 Å². The molecule has 6 nitrogen and oxygen atoms in total. The second-order valence-corrected chi connectivity index (χ2v) is 6.83. The van der Waals surface area contributed by atoms with E-state index < -0.39 is 0 Å². The monoisotopic (exact) mass is 366 g/mol. The van der Waals surface area contributed by atoms with Gasteiger partial charge in [0.2, 0.25) is 5.91 Å². The quantitative estimate of drug-likeness (QED) is 0.847. The van der Waals surface area contributed by atoms with Crippen molar-refractivity contribution in [1.82, 2.24) is 20.1 Å². The summed E-state index contributed by atoms with van der Waals surface area (Å²) in [6.07, 6.45) is 3.95. The van der Waals surface area contributed by atoms with Gasteiger partial charge in [-0.25, -0.2) is 0 Å². The molecule has 2 heterocycles. The van der Waals surface area contributed by atoms with E-state index in [9.17, 15) is 9.59 Å². The molecule has 1 aliphatic rings. The van der Waals surface area contributed by atoms with Gasteiger partial charge in [0.1, 0.15) is 0 Å². The van der Waals surface area contributed by atoms with E-state index >= 15 is 0 Å². The van der Waals surface area contributed by atoms with E-state index in [2.05, 4.69) is 15.2 Å². The predicted octanol–water partition coefficient (Wildman–Crippen LogP) is 1.85. The van der Waals surface area contributed by atoms with Gasteiger partial charge in [0.25, 0.3) is 5.91 Å². The molecule has 6 heteroatoms. The van der Waals surface area contributed by atoms with Gasteiger partial charge in [0.15, 0.2) is 0 Å². The van der Waals surface area contributed by atoms with Crippen LogP contribution in [0, 0.1) is 6.92 Å². The molecular weight excluding hydrogens is 340 g/mol. The van der Waals surface area contributed by atoms with Crippen molar-refractivity contribution in [3.63, 3.8) is 0 Å². The van der Waals surface area contributed by atoms with Crippen LogP contribution in [-0.2, 0) is 11.3 Å². The molecule has 1 aromatic carbocycles. The Kier molecular flexibility index (Phi) is 6.54. The molecule has 1 fully saturated rings. The lowest BCUT2D eigenvalue weighted by Gasteiger charge is -2.34. The molecule has 2 aromatic rings. The first-order valence-corrected chi connectivity index (χ1v) is 9.36. The van der Waals surface area contributed by atoms with Crippen molar-refractivity contribution in [3.05, 3.63) is 65.5 Å². The molecule has 3 rings (SSSR count). The van der Waals surface area contributed by atoms with E-state index in [-0.39, 0.29) is 11.8 Å². The zero-order valence-corrected chi connectivity index (χ0v) is 15.7. The van der Waals surface area contributed by atoms with Crippen LogP contribution in [-0.4, -0.2) is 59.3 Å². The lowest BCUT2D eigenvalue weighted by molar-refractivity contribution is -0.132. The molecule has 27 heavy (non-hydrogen) atoms. The first-order valence-electron chi connectivity index (χ1n) is 9.36. The number of nitrogens with one attached hydrogen (secondary N) is 1. The summed E-state index contributed by atoms with van der Waals surface area (Å²) in [5.74, 6) is -0.0216. The summed E-state index contributed by atoms with van der Waals surface area (Å²) >= 11 is 0. The van der Waals surface area contributed by atoms with Crippen molar-refractivity contribution >= 4 is 11.8 Å². The summed E-state index contributed by atoms with van der Waals surface area (Å²) in [5.41, 5.74) is 2.84. The van der Waals surface area contributed by atoms with Crippen molar-refractivity contribution in [2.24, 2.45) is 0 Å². The van der Waals surface area contributed by atoms with Crippen molar-refractivity contribution < 1.29 is 9.59 Å². The SMILES string of the molecule is Cc1ccccc1C(=O)NCCC(=O)N1CCN(Cc2ccncc2)CC1. The fraction of sp³-hybridized carbons (Fsp3) is 0.381. The molecule has 0 aliphatic carbocycles. The van der Waals surface area contributed by atoms with Gasteiger partial charge in [-0.1, -0.05) is 18.2 Å². The third kappa shape index (κ3) is 5.37. The Morgan fingerprint density at radius 3 is 2.44 bits per heavy atom. The van der Waals surface area contributed by atoms with Gasteiger partial charge in [0.05, 0.1) is 0 Å². The van der Waals surface area contributed by atoms with E-state index in [0.717, 1.165) is 38.3 Å². The predicted molar refractivity (Wildman–Crippen MR) is 104 cm³/mol. The zero-order valence-electron chi connectivity index (χ0n) is 15.7. The van der Waals surface area contributed by atoms with Crippen molar-refractivity contribution in [2.75, 3.05) is 32.7 Å². The average Bonchev–Trinajstić information content (AvgIpc) is 2.69. The normalized spacial score (nSPS) is 14.8. The number of aryl methyl sites for hydroxylation is 1. The number of pyridine rings is 1. The summed E-state index contributed by atoms with van der Waals surface area (Å²) in [4.78, 5) is 32.9. The molecule has 142 valence electrons. The number of rotatable bonds is 6. The summed E-state index contributed by atoms with van der Waals surface area (Å²) in [7, 11) is 0. The number of hydrogen-bond acceptors (Lipinski definition) is 4. The van der Waals surface area contributed by atoms with Crippen LogP contribution in [0.3, 0.4) is 0 Å². The molecule has 1 aromatic heterocycles. The lowest BCUT2D eigenvalue weighted by atomic mass is 10.1. The Balaban J connectivity index is 1.38. The maximum atomic E-state index is 12.4. The number of amides is 2. The smallest absolute Gasteiger partial charge is 0.251 e. The Bertz CT molecular complexity index is 771. The minimum atomic E-state index is -0.122. The summed E-state index contributed by atoms with van der Waals surface area (Å²) in [5, 5.41) is 2.85. The average molecular weight is 366 g/mol. The molecule has 1 N–H and O–H groups in total. The maximum absolute atomic E-state index is 12.4. The minimum absolute atomic E-state index is 0.101. The molecule has 0 saturated carbocycles. The van der Waals surface area contributed by atoms with E-state index in [4.69, 9.17) is 0 Å². The molecule has 2 amide bonds. The van der Waals surface area contributed by atoms with Crippen LogP contribution in [0.1, 0.15) is 27.9 Å². The largest absolute Gasteiger partial charge is 0.352 e. The highest BCUT2D eigenvalue weighted by atomic mass is 16.2. The molecule has 1 saturated heterocycles. The molecule has 1 aliphatic heterocycles. The summed E-state index contributed by atoms with van der Waals surface area (Å²) < 4.78 is 0. The summed E-state index contributed by atoms with van der Waals surface area (Å²) in [6.45, 7) is 6.35. The summed E-state index contributed by atoms with van der Waals surface area (Å²) in [6, 6.07) is 11.5. The standard InChI is InChI=1S/C21H26N4O2/c1-17-4-2-3-5-19(17)21(27)23-11-8-20(26)25-14-12-24(13-15-25)16-18-6-9-22-10-7-18/h2-7,9-10H,8,11-16H2,1H3,(H,23,27). The number of carbonyl (C=O) groups is 2. The highest BCUT2D eigenvalue weighted by Crippen LogP contribution is 2.09. The third-order valence-electron chi connectivity index (χ3n) is 4.89. The zero-order chi connectivity index (χ0) is 19.1. The van der Waals surface area contributed by atoms with Crippen molar-refractivity contribution in [1.29, 1.82) is 0 Å². The number of hydrogen-bond donors (Lipinski definition) is 1. The number of nitrogens with zero attached hydrogens (tertiary/aromatic N) is 3. The van der Waals surface area contributed by atoms with E-state index in [1.54, 1.807) is 18.5 Å². The molecule has 0 spiro atoms. The van der Waals surface area contributed by atoms with Gasteiger partial charge in [-0.3, -0.25) is 19.5 Å². The van der Waals surface area contributed by atoms with Crippen LogP contribution in [0.2, 0.25) is 0 Å². The maximum Gasteiger partial charge on any atom is 0.251 e. The highest BCUT2D eigenvalue weighted by molar-refractivity contribution is 5.95. The van der Waals surface area contributed by atoms with Crippen LogP contribution in [0.5, 0.6) is 0 Å². The Labute approximate surface area is 160 Å². The number of carbonyl (C=O) groups excluding carboxylic acids is 2. The van der Waals surface area contributed by atoms with Crippen LogP contribution >= 0.6 is 0 Å². The first-order chi connectivity index (χ1) is 13.1. The second-order valence-electron chi connectivity index (χ2n) is 6.83. The molecule has 0 atom stereocenters. The van der Waals surface area contributed by atoms with Gasteiger partial charge in [-0.2, -0.15) is 0 Å². The first kappa shape index (κ1) is 19.0. The number of piperazine rings is 1. The van der Waals surface area contributed by atoms with Gasteiger partial charge >= 0.3 is 0 Å². The fourth-order valence-electron chi connectivity index (χ4n) is 3.27. The molecule has 0 bridgehead atoms. The molecule has 0 unspecified atom stereocenters. The molecule has 0 radical (unpaired) electrons. The third-order valence-corrected chi connectivity index (χ3v) is 4.89. The highest BCUT2D eigenvalue weighted by Gasteiger charge is 2.21. The van der Waals surface area contributed by atoms with Gasteiger partial charge in [-0.15, -0.1) is 0 Å². The molecular formula is C21H26N4O2. The van der Waals surface area contributed by atoms with Crippen molar-refractivity contribution in [3.8, 4) is 0 Å². The van der Waals surface area contributed by atoms with E-state index in [0.29, 0.717) is 18.5 Å². The lowest BCUT2D eigenvalue weighted by Crippen LogP contribution is -2.48. The minimum Gasteiger partial charge on any atom is -0.352 e. The van der Waals surface area contributed by atoms with E-state index in [1.165, 1.54) is 5.56 Å². The van der Waals surface area contributed by atoms with E-state index in [1.807, 2.05) is 42.2 Å². The Morgan fingerprint density at radius 1 is 1.04 bits per heavy atom. The number of aromatic nitrogens is 1. The van der Waals surface area contributed by atoms with Crippen LogP contribution in [0.25, 0.3) is 0 Å². The Morgan fingerprint density at radius 2 is 1.74 bits per heavy atom. The van der Waals surface area contributed by atoms with Gasteiger partial charge < -0.3 is 10.2 Å². The topological polar surface area (TPSA) is 65.5 Å². The van der Waals surface area contributed by atoms with Gasteiger partial charge in [-0.05, 0) is 36.2 Å². The van der Waals surface area contributed by atoms with Crippen LogP contribution < -0.4 is 5.32 Å².